The van der Waals surface area contributed by atoms with Crippen LogP contribution in [-0.2, 0) is 4.74 Å². The number of thiophene rings is 1. The molecule has 43 heavy (non-hydrogen) atoms. The molecular formula is C34H33N5O2S2. The molecule has 5 aromatic rings. The molecule has 0 saturated heterocycles. The van der Waals surface area contributed by atoms with E-state index in [2.05, 4.69) is 52.0 Å². The largest absolute Gasteiger partial charge is 0.493 e. The van der Waals surface area contributed by atoms with E-state index in [-0.39, 0.29) is 0 Å². The lowest BCUT2D eigenvalue weighted by Gasteiger charge is -2.11. The number of thioether (sulfide) groups is 1. The highest BCUT2D eigenvalue weighted by molar-refractivity contribution is 8.00. The van der Waals surface area contributed by atoms with Crippen molar-refractivity contribution in [1.29, 1.82) is 5.26 Å². The van der Waals surface area contributed by atoms with E-state index in [4.69, 9.17) is 14.5 Å². The summed E-state index contributed by atoms with van der Waals surface area (Å²) in [5.41, 5.74) is 6.36. The molecule has 0 amide bonds. The number of benzene rings is 3. The fourth-order valence-electron chi connectivity index (χ4n) is 4.62. The molecule has 0 bridgehead atoms. The Hall–Kier alpha value is -4.20. The van der Waals surface area contributed by atoms with Gasteiger partial charge in [-0.3, -0.25) is 0 Å². The van der Waals surface area contributed by atoms with Gasteiger partial charge in [0.1, 0.15) is 11.8 Å². The Morgan fingerprint density at radius 1 is 0.907 bits per heavy atom. The highest BCUT2D eigenvalue weighted by Gasteiger charge is 2.22. The van der Waals surface area contributed by atoms with Gasteiger partial charge in [0.05, 0.1) is 33.6 Å². The fourth-order valence-corrected chi connectivity index (χ4v) is 6.53. The number of nitriles is 1. The second-order valence-electron chi connectivity index (χ2n) is 9.59. The predicted octanol–water partition coefficient (Wildman–Crippen LogP) is 7.88. The van der Waals surface area contributed by atoms with Gasteiger partial charge in [-0.2, -0.15) is 5.26 Å². The Morgan fingerprint density at radius 2 is 1.72 bits per heavy atom. The van der Waals surface area contributed by atoms with Crippen molar-refractivity contribution in [3.63, 3.8) is 0 Å². The SMILES string of the molecule is COCCNCCCOc1cccc(Nc2nccc(-c3sc(SC)c(C#N)c3-c3cccc(-c4ccccc4)c3)n2)c1. The normalized spacial score (nSPS) is 10.8. The van der Waals surface area contributed by atoms with Gasteiger partial charge in [-0.1, -0.05) is 54.6 Å². The molecule has 0 spiro atoms. The van der Waals surface area contributed by atoms with Gasteiger partial charge in [-0.25, -0.2) is 9.97 Å². The molecular weight excluding hydrogens is 575 g/mol. The van der Waals surface area contributed by atoms with Crippen LogP contribution in [-0.4, -0.2) is 49.6 Å². The van der Waals surface area contributed by atoms with Crippen LogP contribution >= 0.6 is 23.1 Å². The standard InChI is InChI=1S/C34H33N5O2S2/c1-40-20-18-36-16-8-19-41-28-14-7-13-27(22-28)38-34-37-17-15-30(39-34)32-31(29(23-35)33(42-2)43-32)26-12-6-11-25(21-26)24-9-4-3-5-10-24/h3-7,9-15,17,21-22,36H,8,16,18-20H2,1-2H3,(H,37,38,39). The van der Waals surface area contributed by atoms with Crippen molar-refractivity contribution in [2.45, 2.75) is 10.6 Å². The van der Waals surface area contributed by atoms with Crippen molar-refractivity contribution < 1.29 is 9.47 Å². The second kappa shape index (κ2) is 15.3. The maximum atomic E-state index is 10.2. The molecule has 3 aromatic carbocycles. The van der Waals surface area contributed by atoms with Gasteiger partial charge in [0.25, 0.3) is 0 Å². The lowest BCUT2D eigenvalue weighted by Crippen LogP contribution is -2.21. The second-order valence-corrected chi connectivity index (χ2v) is 11.7. The van der Waals surface area contributed by atoms with Crippen LogP contribution < -0.4 is 15.4 Å². The Kier molecular flexibility index (Phi) is 10.8. The highest BCUT2D eigenvalue weighted by Crippen LogP contribution is 2.46. The third kappa shape index (κ3) is 7.80. The van der Waals surface area contributed by atoms with Gasteiger partial charge in [-0.15, -0.1) is 23.1 Å². The third-order valence-corrected chi connectivity index (χ3v) is 8.99. The summed E-state index contributed by atoms with van der Waals surface area (Å²) in [6, 6.07) is 30.8. The molecule has 2 heterocycles. The number of ether oxygens (including phenoxy) is 2. The first kappa shape index (κ1) is 30.3. The summed E-state index contributed by atoms with van der Waals surface area (Å²) < 4.78 is 12.0. The van der Waals surface area contributed by atoms with Crippen LogP contribution in [0.15, 0.2) is 95.3 Å². The summed E-state index contributed by atoms with van der Waals surface area (Å²) in [4.78, 5) is 10.3. The smallest absolute Gasteiger partial charge is 0.227 e. The highest BCUT2D eigenvalue weighted by atomic mass is 32.2. The zero-order valence-corrected chi connectivity index (χ0v) is 25.8. The van der Waals surface area contributed by atoms with Crippen LogP contribution in [0.5, 0.6) is 5.75 Å². The van der Waals surface area contributed by atoms with E-state index >= 15 is 0 Å². The van der Waals surface area contributed by atoms with Crippen LogP contribution in [0.25, 0.3) is 32.8 Å². The molecule has 218 valence electrons. The van der Waals surface area contributed by atoms with Crippen molar-refractivity contribution >= 4 is 34.7 Å². The monoisotopic (exact) mass is 607 g/mol. The number of hydrogen-bond acceptors (Lipinski definition) is 9. The van der Waals surface area contributed by atoms with Crippen molar-refractivity contribution in [3.8, 4) is 44.6 Å². The van der Waals surface area contributed by atoms with Crippen molar-refractivity contribution in [2.75, 3.05) is 45.0 Å². The summed E-state index contributed by atoms with van der Waals surface area (Å²) in [5.74, 6) is 1.25. The van der Waals surface area contributed by atoms with E-state index in [0.29, 0.717) is 24.7 Å². The van der Waals surface area contributed by atoms with E-state index in [9.17, 15) is 5.26 Å². The zero-order chi connectivity index (χ0) is 29.9. The molecule has 0 unspecified atom stereocenters. The molecule has 0 radical (unpaired) electrons. The maximum absolute atomic E-state index is 10.2. The summed E-state index contributed by atoms with van der Waals surface area (Å²) in [7, 11) is 1.70. The predicted molar refractivity (Wildman–Crippen MR) is 177 cm³/mol. The van der Waals surface area contributed by atoms with Crippen LogP contribution in [0.2, 0.25) is 0 Å². The third-order valence-electron chi connectivity index (χ3n) is 6.66. The summed E-state index contributed by atoms with van der Waals surface area (Å²) in [5, 5.41) is 16.9. The number of aromatic nitrogens is 2. The molecule has 2 N–H and O–H groups in total. The average Bonchev–Trinajstić information content (AvgIpc) is 3.44. The Morgan fingerprint density at radius 3 is 2.53 bits per heavy atom. The van der Waals surface area contributed by atoms with E-state index in [1.54, 1.807) is 36.4 Å². The maximum Gasteiger partial charge on any atom is 0.227 e. The molecule has 0 atom stereocenters. The van der Waals surface area contributed by atoms with E-state index in [1.807, 2.05) is 60.9 Å². The summed E-state index contributed by atoms with van der Waals surface area (Å²) >= 11 is 3.16. The summed E-state index contributed by atoms with van der Waals surface area (Å²) in [6.45, 7) is 3.01. The molecule has 0 saturated carbocycles. The van der Waals surface area contributed by atoms with Crippen LogP contribution in [0.3, 0.4) is 0 Å². The Balaban J connectivity index is 1.38. The van der Waals surface area contributed by atoms with Gasteiger partial charge in [0.15, 0.2) is 0 Å². The Bertz CT molecular complexity index is 1680. The van der Waals surface area contributed by atoms with Crippen LogP contribution in [0.1, 0.15) is 12.0 Å². The number of anilines is 2. The van der Waals surface area contributed by atoms with Gasteiger partial charge in [0, 0.05) is 37.2 Å². The van der Waals surface area contributed by atoms with Gasteiger partial charge in [0.2, 0.25) is 5.95 Å². The number of nitrogens with one attached hydrogen (secondary N) is 2. The first-order valence-corrected chi connectivity index (χ1v) is 16.0. The summed E-state index contributed by atoms with van der Waals surface area (Å²) in [6.07, 6.45) is 4.64. The van der Waals surface area contributed by atoms with Gasteiger partial charge < -0.3 is 20.1 Å². The van der Waals surface area contributed by atoms with E-state index < -0.39 is 0 Å². The number of hydrogen-bond donors (Lipinski definition) is 2. The van der Waals surface area contributed by atoms with Crippen molar-refractivity contribution in [1.82, 2.24) is 15.3 Å². The minimum atomic E-state index is 0.471. The molecule has 0 aliphatic rings. The minimum absolute atomic E-state index is 0.471. The van der Waals surface area contributed by atoms with Gasteiger partial charge >= 0.3 is 0 Å². The molecule has 5 rings (SSSR count). The fraction of sp³-hybridized carbons (Fsp3) is 0.206. The van der Waals surface area contributed by atoms with Crippen molar-refractivity contribution in [3.05, 3.63) is 96.7 Å². The molecule has 2 aromatic heterocycles. The topological polar surface area (TPSA) is 92.1 Å². The first-order chi connectivity index (χ1) is 21.2. The first-order valence-electron chi connectivity index (χ1n) is 14.0. The molecule has 0 aliphatic carbocycles. The Labute approximate surface area is 261 Å². The van der Waals surface area contributed by atoms with Crippen LogP contribution in [0, 0.1) is 11.3 Å². The quantitative estimate of drug-likeness (QED) is 0.0973. The number of methoxy groups -OCH3 is 1. The molecule has 0 fully saturated rings. The zero-order valence-electron chi connectivity index (χ0n) is 24.2. The molecule has 7 nitrogen and oxygen atoms in total. The molecule has 0 aliphatic heterocycles. The van der Waals surface area contributed by atoms with Crippen LogP contribution in [0.4, 0.5) is 11.6 Å². The van der Waals surface area contributed by atoms with E-state index in [0.717, 1.165) is 68.0 Å². The van der Waals surface area contributed by atoms with E-state index in [1.165, 1.54) is 0 Å². The number of nitrogens with zero attached hydrogens (tertiary/aromatic N) is 3. The lowest BCUT2D eigenvalue weighted by atomic mass is 9.96. The number of rotatable bonds is 14. The average molecular weight is 608 g/mol. The minimum Gasteiger partial charge on any atom is -0.493 e. The molecule has 9 heteroatoms. The van der Waals surface area contributed by atoms with Gasteiger partial charge in [-0.05, 0) is 60.2 Å². The van der Waals surface area contributed by atoms with Crippen molar-refractivity contribution in [2.24, 2.45) is 0 Å². The lowest BCUT2D eigenvalue weighted by molar-refractivity contribution is 0.198.